The summed E-state index contributed by atoms with van der Waals surface area (Å²) in [5.41, 5.74) is 8.81. The first-order chi connectivity index (χ1) is 13.9. The zero-order valence-corrected chi connectivity index (χ0v) is 16.5. The molecule has 0 radical (unpaired) electrons. The number of rotatable bonds is 3. The number of aromatic hydroxyl groups is 1. The Kier molecular flexibility index (Phi) is 4.74. The highest BCUT2D eigenvalue weighted by Crippen LogP contribution is 2.47. The first-order valence-electron chi connectivity index (χ1n) is 8.42. The van der Waals surface area contributed by atoms with Crippen LogP contribution >= 0.6 is 23.2 Å². The summed E-state index contributed by atoms with van der Waals surface area (Å²) >= 11 is 12.2. The third-order valence-electron chi connectivity index (χ3n) is 4.68. The summed E-state index contributed by atoms with van der Waals surface area (Å²) in [6.07, 6.45) is 0. The molecule has 2 aromatic carbocycles. The molecular formula is C20H14Cl2N4O3. The van der Waals surface area contributed by atoms with Gasteiger partial charge in [0, 0.05) is 5.56 Å². The first-order valence-corrected chi connectivity index (χ1v) is 9.18. The van der Waals surface area contributed by atoms with Crippen molar-refractivity contribution in [2.75, 3.05) is 7.11 Å². The van der Waals surface area contributed by atoms with E-state index in [0.29, 0.717) is 32.4 Å². The largest absolute Gasteiger partial charge is 0.504 e. The van der Waals surface area contributed by atoms with Gasteiger partial charge in [0.25, 0.3) is 0 Å². The Hall–Kier alpha value is -3.34. The molecule has 4 rings (SSSR count). The lowest BCUT2D eigenvalue weighted by atomic mass is 9.83. The van der Waals surface area contributed by atoms with Crippen molar-refractivity contribution in [1.29, 1.82) is 5.26 Å². The van der Waals surface area contributed by atoms with Gasteiger partial charge in [-0.1, -0.05) is 35.3 Å². The smallest absolute Gasteiger partial charge is 0.244 e. The Labute approximate surface area is 175 Å². The molecular weight excluding hydrogens is 415 g/mol. The van der Waals surface area contributed by atoms with Gasteiger partial charge in [-0.15, -0.1) is 5.10 Å². The quantitative estimate of drug-likeness (QED) is 0.571. The third kappa shape index (κ3) is 3.12. The Bertz CT molecular complexity index is 1200. The van der Waals surface area contributed by atoms with Crippen molar-refractivity contribution in [2.45, 2.75) is 5.92 Å². The van der Waals surface area contributed by atoms with E-state index in [1.54, 1.807) is 30.3 Å². The molecule has 2 heterocycles. The number of aromatic amines is 1. The van der Waals surface area contributed by atoms with Crippen LogP contribution in [-0.2, 0) is 0 Å². The van der Waals surface area contributed by atoms with E-state index in [9.17, 15) is 10.4 Å². The normalized spacial score (nSPS) is 15.4. The van der Waals surface area contributed by atoms with E-state index in [0.717, 1.165) is 0 Å². The highest BCUT2D eigenvalue weighted by atomic mass is 35.5. The van der Waals surface area contributed by atoms with Crippen LogP contribution in [0.4, 0.5) is 0 Å². The lowest BCUT2D eigenvalue weighted by molar-refractivity contribution is 0.371. The van der Waals surface area contributed by atoms with Gasteiger partial charge in [-0.2, -0.15) is 5.26 Å². The predicted octanol–water partition coefficient (Wildman–Crippen LogP) is 4.32. The number of hydrogen-bond donors (Lipinski definition) is 3. The van der Waals surface area contributed by atoms with Crippen molar-refractivity contribution >= 4 is 23.2 Å². The average molecular weight is 429 g/mol. The number of phenols is 1. The molecule has 146 valence electrons. The summed E-state index contributed by atoms with van der Waals surface area (Å²) < 4.78 is 10.8. The number of fused-ring (bicyclic) bond motifs is 1. The summed E-state index contributed by atoms with van der Waals surface area (Å²) in [5, 5.41) is 27.7. The molecule has 7 nitrogen and oxygen atoms in total. The second kappa shape index (κ2) is 7.24. The van der Waals surface area contributed by atoms with Crippen LogP contribution in [0.3, 0.4) is 0 Å². The number of nitrogens with one attached hydrogen (secondary N) is 1. The number of hydrogen-bond acceptors (Lipinski definition) is 6. The molecule has 1 aliphatic heterocycles. The molecule has 1 unspecified atom stereocenters. The minimum absolute atomic E-state index is 0.0177. The van der Waals surface area contributed by atoms with Gasteiger partial charge in [0.05, 0.1) is 34.3 Å². The van der Waals surface area contributed by atoms with E-state index >= 15 is 0 Å². The second-order valence-corrected chi connectivity index (χ2v) is 7.12. The highest BCUT2D eigenvalue weighted by Gasteiger charge is 2.36. The van der Waals surface area contributed by atoms with Crippen LogP contribution in [0.2, 0.25) is 10.0 Å². The standard InChI is InChI=1S/C20H14Cl2N4O3/c1-28-15-7-9(3-5-14(15)27)16-11(8-23)19(24)29-20-17(16)18(25-26-20)10-2-4-12(21)13(22)6-10/h2-7,16,27H,24H2,1H3,(H,25,26). The van der Waals surface area contributed by atoms with Gasteiger partial charge in [-0.3, -0.25) is 5.10 Å². The van der Waals surface area contributed by atoms with Crippen LogP contribution in [0.1, 0.15) is 17.0 Å². The molecule has 1 atom stereocenters. The topological polar surface area (TPSA) is 117 Å². The van der Waals surface area contributed by atoms with Gasteiger partial charge in [0.2, 0.25) is 11.8 Å². The number of aromatic nitrogens is 2. The van der Waals surface area contributed by atoms with E-state index in [1.807, 2.05) is 0 Å². The highest BCUT2D eigenvalue weighted by molar-refractivity contribution is 6.42. The van der Waals surface area contributed by atoms with Crippen LogP contribution in [0.25, 0.3) is 11.3 Å². The second-order valence-electron chi connectivity index (χ2n) is 6.30. The number of phenolic OH excluding ortho intramolecular Hbond substituents is 1. The van der Waals surface area contributed by atoms with Gasteiger partial charge in [0.15, 0.2) is 11.5 Å². The van der Waals surface area contributed by atoms with Crippen LogP contribution < -0.4 is 15.2 Å². The molecule has 3 aromatic rings. The number of nitrogens with zero attached hydrogens (tertiary/aromatic N) is 2. The Morgan fingerprint density at radius 3 is 2.72 bits per heavy atom. The fraction of sp³-hybridized carbons (Fsp3) is 0.100. The van der Waals surface area contributed by atoms with Crippen molar-refractivity contribution in [3.63, 3.8) is 0 Å². The van der Waals surface area contributed by atoms with Crippen molar-refractivity contribution in [3.8, 4) is 34.7 Å². The molecule has 4 N–H and O–H groups in total. The summed E-state index contributed by atoms with van der Waals surface area (Å²) in [4.78, 5) is 0. The number of methoxy groups -OCH3 is 1. The molecule has 0 bridgehead atoms. The lowest BCUT2D eigenvalue weighted by Gasteiger charge is -2.24. The molecule has 29 heavy (non-hydrogen) atoms. The van der Waals surface area contributed by atoms with E-state index < -0.39 is 5.92 Å². The molecule has 0 fully saturated rings. The zero-order chi connectivity index (χ0) is 20.7. The van der Waals surface area contributed by atoms with E-state index in [1.165, 1.54) is 13.2 Å². The molecule has 0 saturated heterocycles. The van der Waals surface area contributed by atoms with Gasteiger partial charge < -0.3 is 20.3 Å². The fourth-order valence-corrected chi connectivity index (χ4v) is 3.62. The maximum atomic E-state index is 9.96. The number of H-pyrrole nitrogens is 1. The zero-order valence-electron chi connectivity index (χ0n) is 15.0. The molecule has 0 spiro atoms. The van der Waals surface area contributed by atoms with Gasteiger partial charge in [-0.05, 0) is 29.8 Å². The lowest BCUT2D eigenvalue weighted by Crippen LogP contribution is -2.21. The van der Waals surface area contributed by atoms with Gasteiger partial charge in [0.1, 0.15) is 11.6 Å². The minimum atomic E-state index is -0.596. The maximum absolute atomic E-state index is 9.96. The number of nitrogens with two attached hydrogens (primary N) is 1. The molecule has 1 aliphatic rings. The summed E-state index contributed by atoms with van der Waals surface area (Å²) in [6.45, 7) is 0. The maximum Gasteiger partial charge on any atom is 0.244 e. The van der Waals surface area contributed by atoms with Crippen molar-refractivity contribution in [2.24, 2.45) is 5.73 Å². The Balaban J connectivity index is 1.95. The number of allylic oxidation sites excluding steroid dienone is 1. The SMILES string of the molecule is COc1cc(C2C(C#N)=C(N)Oc3n[nH]c(-c4ccc(Cl)c(Cl)c4)c32)ccc1O. The Morgan fingerprint density at radius 1 is 1.24 bits per heavy atom. The fourth-order valence-electron chi connectivity index (χ4n) is 3.32. The molecule has 0 aliphatic carbocycles. The van der Waals surface area contributed by atoms with Gasteiger partial charge in [-0.25, -0.2) is 0 Å². The molecule has 9 heteroatoms. The van der Waals surface area contributed by atoms with Crippen LogP contribution in [-0.4, -0.2) is 22.4 Å². The first kappa shape index (κ1) is 19.0. The van der Waals surface area contributed by atoms with E-state index in [2.05, 4.69) is 16.3 Å². The van der Waals surface area contributed by atoms with Gasteiger partial charge >= 0.3 is 0 Å². The van der Waals surface area contributed by atoms with E-state index in [-0.39, 0.29) is 28.8 Å². The van der Waals surface area contributed by atoms with Crippen LogP contribution in [0, 0.1) is 11.3 Å². The Morgan fingerprint density at radius 2 is 2.03 bits per heavy atom. The predicted molar refractivity (Wildman–Crippen MR) is 108 cm³/mol. The number of ether oxygens (including phenoxy) is 2. The molecule has 1 aromatic heterocycles. The van der Waals surface area contributed by atoms with Crippen molar-refractivity contribution in [1.82, 2.24) is 10.2 Å². The number of halogens is 2. The molecule has 0 saturated carbocycles. The van der Waals surface area contributed by atoms with Crippen LogP contribution in [0.5, 0.6) is 17.4 Å². The number of benzene rings is 2. The monoisotopic (exact) mass is 428 g/mol. The number of nitriles is 1. The van der Waals surface area contributed by atoms with E-state index in [4.69, 9.17) is 38.4 Å². The minimum Gasteiger partial charge on any atom is -0.504 e. The van der Waals surface area contributed by atoms with Crippen LogP contribution in [0.15, 0.2) is 47.9 Å². The van der Waals surface area contributed by atoms with Crippen molar-refractivity contribution < 1.29 is 14.6 Å². The third-order valence-corrected chi connectivity index (χ3v) is 5.42. The average Bonchev–Trinajstić information content (AvgIpc) is 3.12. The summed E-state index contributed by atoms with van der Waals surface area (Å²) in [5.74, 6) is -0.132. The summed E-state index contributed by atoms with van der Waals surface area (Å²) in [7, 11) is 1.45. The van der Waals surface area contributed by atoms with Crippen molar-refractivity contribution in [3.05, 3.63) is 69.0 Å². The molecule has 0 amide bonds. The summed E-state index contributed by atoms with van der Waals surface area (Å²) in [6, 6.07) is 12.1.